The molecule has 0 aliphatic carbocycles. The van der Waals surface area contributed by atoms with Gasteiger partial charge in [0.05, 0.1) is 23.6 Å². The van der Waals surface area contributed by atoms with Crippen molar-refractivity contribution in [2.24, 2.45) is 0 Å². The van der Waals surface area contributed by atoms with Crippen molar-refractivity contribution < 1.29 is 17.6 Å². The van der Waals surface area contributed by atoms with E-state index in [2.05, 4.69) is 17.0 Å². The molecule has 0 saturated carbocycles. The Labute approximate surface area is 161 Å². The summed E-state index contributed by atoms with van der Waals surface area (Å²) in [6.45, 7) is 4.61. The molecule has 2 rings (SSSR count). The summed E-state index contributed by atoms with van der Waals surface area (Å²) in [7, 11) is -3.77. The molecule has 0 spiro atoms. The summed E-state index contributed by atoms with van der Waals surface area (Å²) in [4.78, 5) is 12.4. The zero-order valence-electron chi connectivity index (χ0n) is 15.9. The van der Waals surface area contributed by atoms with Crippen molar-refractivity contribution in [2.45, 2.75) is 56.9 Å². The summed E-state index contributed by atoms with van der Waals surface area (Å²) in [5.74, 6) is 0.200. The number of unbranched alkanes of at least 4 members (excludes halogenated alkanes) is 3. The smallest absolute Gasteiger partial charge is 0.241 e. The minimum absolute atomic E-state index is 0.0214. The molecule has 0 unspecified atom stereocenters. The number of benzene rings is 1. The number of hydrogen-bond donors (Lipinski definition) is 2. The van der Waals surface area contributed by atoms with E-state index in [9.17, 15) is 13.2 Å². The minimum atomic E-state index is -3.77. The van der Waals surface area contributed by atoms with Crippen LogP contribution >= 0.6 is 0 Å². The van der Waals surface area contributed by atoms with Crippen molar-refractivity contribution in [1.29, 1.82) is 0 Å². The van der Waals surface area contributed by atoms with Crippen molar-refractivity contribution in [1.82, 2.24) is 10.0 Å². The molecule has 0 saturated heterocycles. The molecule has 2 N–H and O–H groups in total. The Morgan fingerprint density at radius 2 is 1.85 bits per heavy atom. The second kappa shape index (κ2) is 10.3. The van der Waals surface area contributed by atoms with Gasteiger partial charge in [-0.25, -0.2) is 8.42 Å². The van der Waals surface area contributed by atoms with Crippen molar-refractivity contribution in [3.05, 3.63) is 54.0 Å². The van der Waals surface area contributed by atoms with Crippen LogP contribution in [0, 0.1) is 6.92 Å². The van der Waals surface area contributed by atoms with Crippen LogP contribution in [0.4, 0.5) is 0 Å². The molecule has 0 aliphatic heterocycles. The monoisotopic (exact) mass is 392 g/mol. The van der Waals surface area contributed by atoms with Gasteiger partial charge in [0, 0.05) is 6.54 Å². The zero-order chi connectivity index (χ0) is 19.7. The Morgan fingerprint density at radius 1 is 1.11 bits per heavy atom. The van der Waals surface area contributed by atoms with Gasteiger partial charge in [-0.3, -0.25) is 4.79 Å². The van der Waals surface area contributed by atoms with Gasteiger partial charge < -0.3 is 9.73 Å². The van der Waals surface area contributed by atoms with Crippen LogP contribution in [-0.4, -0.2) is 20.9 Å². The molecule has 1 aromatic heterocycles. The summed E-state index contributed by atoms with van der Waals surface area (Å²) in [5.41, 5.74) is 0.971. The van der Waals surface area contributed by atoms with Gasteiger partial charge in [0.15, 0.2) is 0 Å². The lowest BCUT2D eigenvalue weighted by Gasteiger charge is -2.17. The van der Waals surface area contributed by atoms with Crippen molar-refractivity contribution in [2.75, 3.05) is 6.54 Å². The third-order valence-electron chi connectivity index (χ3n) is 4.26. The molecular weight excluding hydrogens is 364 g/mol. The normalized spacial score (nSPS) is 12.7. The van der Waals surface area contributed by atoms with E-state index in [0.717, 1.165) is 31.2 Å². The first-order valence-electron chi connectivity index (χ1n) is 9.31. The molecule has 0 aliphatic rings. The fourth-order valence-electron chi connectivity index (χ4n) is 2.70. The number of carbonyl (C=O) groups is 1. The molecule has 1 heterocycles. The van der Waals surface area contributed by atoms with E-state index >= 15 is 0 Å². The van der Waals surface area contributed by atoms with Crippen LogP contribution in [0.25, 0.3) is 0 Å². The van der Waals surface area contributed by atoms with E-state index < -0.39 is 16.1 Å². The number of rotatable bonds is 11. The van der Waals surface area contributed by atoms with Gasteiger partial charge in [-0.05, 0) is 37.6 Å². The maximum Gasteiger partial charge on any atom is 0.241 e. The van der Waals surface area contributed by atoms with Crippen LogP contribution in [-0.2, 0) is 14.8 Å². The molecule has 0 bridgehead atoms. The molecule has 1 amide bonds. The highest BCUT2D eigenvalue weighted by Gasteiger charge is 2.25. The lowest BCUT2D eigenvalue weighted by molar-refractivity contribution is -0.121. The van der Waals surface area contributed by atoms with E-state index in [-0.39, 0.29) is 17.2 Å². The number of sulfonamides is 1. The van der Waals surface area contributed by atoms with Crippen LogP contribution < -0.4 is 10.0 Å². The number of amides is 1. The average Bonchev–Trinajstić information content (AvgIpc) is 3.16. The SMILES string of the molecule is CCCCCCNC(=O)C[C@H](NS(=O)(=O)c1ccc(C)cc1)c1ccco1. The predicted molar refractivity (Wildman–Crippen MR) is 105 cm³/mol. The molecule has 148 valence electrons. The van der Waals surface area contributed by atoms with Gasteiger partial charge in [-0.2, -0.15) is 4.72 Å². The molecule has 7 heteroatoms. The Kier molecular flexibility index (Phi) is 8.06. The van der Waals surface area contributed by atoms with Gasteiger partial charge in [-0.15, -0.1) is 0 Å². The van der Waals surface area contributed by atoms with Crippen LogP contribution in [0.1, 0.15) is 56.4 Å². The maximum absolute atomic E-state index is 12.7. The summed E-state index contributed by atoms with van der Waals surface area (Å²) in [6, 6.07) is 9.14. The summed E-state index contributed by atoms with van der Waals surface area (Å²) < 4.78 is 33.3. The Balaban J connectivity index is 2.02. The number of carbonyl (C=O) groups excluding carboxylic acids is 1. The summed E-state index contributed by atoms with van der Waals surface area (Å²) >= 11 is 0. The van der Waals surface area contributed by atoms with Gasteiger partial charge in [-0.1, -0.05) is 43.9 Å². The molecule has 0 radical (unpaired) electrons. The Bertz CT molecular complexity index is 799. The van der Waals surface area contributed by atoms with Crippen molar-refractivity contribution >= 4 is 15.9 Å². The molecule has 27 heavy (non-hydrogen) atoms. The minimum Gasteiger partial charge on any atom is -0.468 e. The third kappa shape index (κ3) is 6.84. The van der Waals surface area contributed by atoms with E-state index in [1.165, 1.54) is 6.26 Å². The molecule has 1 atom stereocenters. The summed E-state index contributed by atoms with van der Waals surface area (Å²) in [6.07, 6.45) is 5.70. The average molecular weight is 393 g/mol. The van der Waals surface area contributed by atoms with Crippen LogP contribution in [0.15, 0.2) is 52.0 Å². The molecule has 2 aromatic rings. The predicted octanol–water partition coefficient (Wildman–Crippen LogP) is 3.69. The van der Waals surface area contributed by atoms with Gasteiger partial charge in [0.2, 0.25) is 15.9 Å². The van der Waals surface area contributed by atoms with E-state index in [1.54, 1.807) is 36.4 Å². The molecule has 0 fully saturated rings. The second-order valence-electron chi connectivity index (χ2n) is 6.62. The summed E-state index contributed by atoms with van der Waals surface area (Å²) in [5, 5.41) is 2.85. The molecule has 6 nitrogen and oxygen atoms in total. The first-order chi connectivity index (χ1) is 12.9. The largest absolute Gasteiger partial charge is 0.468 e. The number of nitrogens with one attached hydrogen (secondary N) is 2. The first-order valence-corrected chi connectivity index (χ1v) is 10.8. The molecule has 1 aromatic carbocycles. The lowest BCUT2D eigenvalue weighted by atomic mass is 10.1. The highest BCUT2D eigenvalue weighted by atomic mass is 32.2. The van der Waals surface area contributed by atoms with E-state index in [1.807, 2.05) is 6.92 Å². The topological polar surface area (TPSA) is 88.4 Å². The maximum atomic E-state index is 12.7. The Hall–Kier alpha value is -2.12. The van der Waals surface area contributed by atoms with Gasteiger partial charge >= 0.3 is 0 Å². The van der Waals surface area contributed by atoms with Crippen molar-refractivity contribution in [3.63, 3.8) is 0 Å². The first kappa shape index (κ1) is 21.2. The third-order valence-corrected chi connectivity index (χ3v) is 5.74. The number of aryl methyl sites for hydroxylation is 1. The Morgan fingerprint density at radius 3 is 2.48 bits per heavy atom. The van der Waals surface area contributed by atoms with Gasteiger partial charge in [0.1, 0.15) is 5.76 Å². The lowest BCUT2D eigenvalue weighted by Crippen LogP contribution is -2.34. The van der Waals surface area contributed by atoms with Crippen molar-refractivity contribution in [3.8, 4) is 0 Å². The van der Waals surface area contributed by atoms with E-state index in [0.29, 0.717) is 12.3 Å². The highest BCUT2D eigenvalue weighted by Crippen LogP contribution is 2.21. The fourth-order valence-corrected chi connectivity index (χ4v) is 3.90. The fraction of sp³-hybridized carbons (Fsp3) is 0.450. The number of furan rings is 1. The highest BCUT2D eigenvalue weighted by molar-refractivity contribution is 7.89. The second-order valence-corrected chi connectivity index (χ2v) is 8.33. The van der Waals surface area contributed by atoms with E-state index in [4.69, 9.17) is 4.42 Å². The van der Waals surface area contributed by atoms with Crippen LogP contribution in [0.5, 0.6) is 0 Å². The van der Waals surface area contributed by atoms with Crippen LogP contribution in [0.3, 0.4) is 0 Å². The van der Waals surface area contributed by atoms with Gasteiger partial charge in [0.25, 0.3) is 0 Å². The molecular formula is C20H28N2O4S. The standard InChI is InChI=1S/C20H28N2O4S/c1-3-4-5-6-13-21-20(23)15-18(19-8-7-14-26-19)22-27(24,25)17-11-9-16(2)10-12-17/h7-12,14,18,22H,3-6,13,15H2,1-2H3,(H,21,23)/t18-/m0/s1. The quantitative estimate of drug-likeness (QED) is 0.571. The number of hydrogen-bond acceptors (Lipinski definition) is 4. The van der Waals surface area contributed by atoms with Crippen LogP contribution in [0.2, 0.25) is 0 Å². The zero-order valence-corrected chi connectivity index (χ0v) is 16.7.